The van der Waals surface area contributed by atoms with Crippen molar-refractivity contribution in [3.8, 4) is 17.1 Å². The summed E-state index contributed by atoms with van der Waals surface area (Å²) in [6.45, 7) is 1.99. The van der Waals surface area contributed by atoms with Crippen LogP contribution in [0.5, 0.6) is 5.75 Å². The monoisotopic (exact) mass is 411 g/mol. The molecule has 1 aromatic heterocycles. The minimum atomic E-state index is -0.790. The molecular formula is C20H18ClN5O3. The molecule has 0 spiro atoms. The van der Waals surface area contributed by atoms with E-state index in [2.05, 4.69) is 20.7 Å². The number of benzene rings is 2. The average Bonchev–Trinajstić information content (AvgIpc) is 3.21. The molecule has 1 aliphatic rings. The molecule has 0 fully saturated rings. The molecule has 0 radical (unpaired) electrons. The van der Waals surface area contributed by atoms with Gasteiger partial charge in [-0.2, -0.15) is 4.98 Å². The number of carbonyl (C=O) groups is 2. The van der Waals surface area contributed by atoms with Gasteiger partial charge in [0.05, 0.1) is 19.2 Å². The first-order valence-electron chi connectivity index (χ1n) is 8.92. The fourth-order valence-electron chi connectivity index (χ4n) is 3.09. The number of methoxy groups -OCH3 is 1. The summed E-state index contributed by atoms with van der Waals surface area (Å²) >= 11 is 6.00. The summed E-state index contributed by atoms with van der Waals surface area (Å²) in [6.07, 6.45) is -0.106. The lowest BCUT2D eigenvalue weighted by atomic mass is 10.1. The Balaban J connectivity index is 1.53. The van der Waals surface area contributed by atoms with Crippen molar-refractivity contribution >= 4 is 35.1 Å². The van der Waals surface area contributed by atoms with E-state index >= 15 is 0 Å². The summed E-state index contributed by atoms with van der Waals surface area (Å²) < 4.78 is 6.68. The number of hydrogen-bond acceptors (Lipinski definition) is 5. The van der Waals surface area contributed by atoms with Gasteiger partial charge in [0.1, 0.15) is 11.8 Å². The summed E-state index contributed by atoms with van der Waals surface area (Å²) in [5.41, 5.74) is 2.39. The molecule has 8 nitrogen and oxygen atoms in total. The van der Waals surface area contributed by atoms with Gasteiger partial charge in [-0.1, -0.05) is 41.4 Å². The second-order valence-electron chi connectivity index (χ2n) is 6.67. The van der Waals surface area contributed by atoms with Crippen LogP contribution in [0.2, 0.25) is 5.02 Å². The van der Waals surface area contributed by atoms with Crippen molar-refractivity contribution < 1.29 is 14.3 Å². The van der Waals surface area contributed by atoms with E-state index in [1.807, 2.05) is 31.2 Å². The third kappa shape index (κ3) is 3.79. The largest absolute Gasteiger partial charge is 0.495 e. The molecule has 2 aromatic carbocycles. The lowest BCUT2D eigenvalue weighted by Gasteiger charge is -2.12. The molecule has 29 heavy (non-hydrogen) atoms. The van der Waals surface area contributed by atoms with Crippen LogP contribution in [0.25, 0.3) is 11.4 Å². The van der Waals surface area contributed by atoms with Crippen molar-refractivity contribution in [2.45, 2.75) is 19.4 Å². The fraction of sp³-hybridized carbons (Fsp3) is 0.200. The van der Waals surface area contributed by atoms with E-state index in [0.717, 1.165) is 11.1 Å². The SMILES string of the molecule is COc1ccc(Cl)cc1NC(=O)C[C@H]1C(=O)Nc2nc(-c3ccc(C)cc3)nn21. The van der Waals surface area contributed by atoms with Crippen LogP contribution in [-0.4, -0.2) is 33.7 Å². The second kappa shape index (κ2) is 7.56. The lowest BCUT2D eigenvalue weighted by Crippen LogP contribution is -2.24. The number of nitrogens with one attached hydrogen (secondary N) is 2. The van der Waals surface area contributed by atoms with E-state index in [-0.39, 0.29) is 18.2 Å². The highest BCUT2D eigenvalue weighted by Gasteiger charge is 2.35. The maximum atomic E-state index is 12.6. The molecule has 2 N–H and O–H groups in total. The summed E-state index contributed by atoms with van der Waals surface area (Å²) in [7, 11) is 1.50. The smallest absolute Gasteiger partial charge is 0.252 e. The molecule has 0 aliphatic carbocycles. The van der Waals surface area contributed by atoms with Crippen LogP contribution >= 0.6 is 11.6 Å². The first kappa shape index (κ1) is 18.9. The van der Waals surface area contributed by atoms with Crippen molar-refractivity contribution in [1.82, 2.24) is 14.8 Å². The summed E-state index contributed by atoms with van der Waals surface area (Å²) in [4.78, 5) is 29.3. The second-order valence-corrected chi connectivity index (χ2v) is 7.11. The molecule has 2 amide bonds. The van der Waals surface area contributed by atoms with E-state index < -0.39 is 6.04 Å². The van der Waals surface area contributed by atoms with Gasteiger partial charge in [0.2, 0.25) is 11.9 Å². The average molecular weight is 412 g/mol. The van der Waals surface area contributed by atoms with Gasteiger partial charge in [-0.05, 0) is 25.1 Å². The van der Waals surface area contributed by atoms with Gasteiger partial charge in [-0.25, -0.2) is 4.68 Å². The number of aryl methyl sites for hydroxylation is 1. The normalized spacial score (nSPS) is 15.0. The Kier molecular flexibility index (Phi) is 4.94. The molecule has 1 atom stereocenters. The third-order valence-corrected chi connectivity index (χ3v) is 4.82. The zero-order valence-corrected chi connectivity index (χ0v) is 16.5. The van der Waals surface area contributed by atoms with Crippen LogP contribution in [0, 0.1) is 6.92 Å². The standard InChI is InChI=1S/C20H18ClN5O3/c1-11-3-5-12(6-4-11)18-23-20-24-19(28)15(26(20)25-18)10-17(27)22-14-9-13(21)7-8-16(14)29-2/h3-9,15H,10H2,1-2H3,(H,22,27)(H,23,24,25,28)/t15-/m0/s1. The quantitative estimate of drug-likeness (QED) is 0.670. The third-order valence-electron chi connectivity index (χ3n) is 4.59. The van der Waals surface area contributed by atoms with E-state index in [0.29, 0.717) is 28.2 Å². The molecule has 4 rings (SSSR count). The van der Waals surface area contributed by atoms with Gasteiger partial charge in [-0.3, -0.25) is 14.9 Å². The van der Waals surface area contributed by atoms with Crippen molar-refractivity contribution in [2.75, 3.05) is 17.7 Å². The van der Waals surface area contributed by atoms with E-state index in [4.69, 9.17) is 16.3 Å². The Labute approximate surface area is 171 Å². The van der Waals surface area contributed by atoms with Crippen LogP contribution in [0.15, 0.2) is 42.5 Å². The van der Waals surface area contributed by atoms with Crippen LogP contribution in [0.4, 0.5) is 11.6 Å². The number of hydrogen-bond donors (Lipinski definition) is 2. The number of anilines is 2. The highest BCUT2D eigenvalue weighted by Crippen LogP contribution is 2.31. The van der Waals surface area contributed by atoms with Crippen LogP contribution in [0.1, 0.15) is 18.0 Å². The van der Waals surface area contributed by atoms with Crippen molar-refractivity contribution in [3.05, 3.63) is 53.1 Å². The highest BCUT2D eigenvalue weighted by molar-refractivity contribution is 6.31. The van der Waals surface area contributed by atoms with E-state index in [1.165, 1.54) is 11.8 Å². The number of carbonyl (C=O) groups excluding carboxylic acids is 2. The van der Waals surface area contributed by atoms with E-state index in [1.54, 1.807) is 18.2 Å². The molecule has 0 saturated heterocycles. The molecule has 148 valence electrons. The number of halogens is 1. The van der Waals surface area contributed by atoms with Gasteiger partial charge in [0, 0.05) is 10.6 Å². The maximum absolute atomic E-state index is 12.6. The van der Waals surface area contributed by atoms with E-state index in [9.17, 15) is 9.59 Å². The fourth-order valence-corrected chi connectivity index (χ4v) is 3.26. The number of nitrogens with zero attached hydrogens (tertiary/aromatic N) is 3. The number of amides is 2. The first-order valence-corrected chi connectivity index (χ1v) is 9.30. The molecule has 0 unspecified atom stereocenters. The topological polar surface area (TPSA) is 98.1 Å². The Bertz CT molecular complexity index is 1090. The number of aromatic nitrogens is 3. The van der Waals surface area contributed by atoms with Crippen molar-refractivity contribution in [1.29, 1.82) is 0 Å². The maximum Gasteiger partial charge on any atom is 0.252 e. The predicted octanol–water partition coefficient (Wildman–Crippen LogP) is 3.44. The molecule has 1 aliphatic heterocycles. The molecule has 9 heteroatoms. The molecular weight excluding hydrogens is 394 g/mol. The van der Waals surface area contributed by atoms with Gasteiger partial charge >= 0.3 is 0 Å². The van der Waals surface area contributed by atoms with Crippen LogP contribution < -0.4 is 15.4 Å². The molecule has 3 aromatic rings. The van der Waals surface area contributed by atoms with Crippen LogP contribution in [-0.2, 0) is 9.59 Å². The summed E-state index contributed by atoms with van der Waals surface area (Å²) in [5, 5.41) is 10.3. The summed E-state index contributed by atoms with van der Waals surface area (Å²) in [6, 6.07) is 11.9. The number of ether oxygens (including phenoxy) is 1. The Morgan fingerprint density at radius 2 is 2.03 bits per heavy atom. The first-order chi connectivity index (χ1) is 13.9. The van der Waals surface area contributed by atoms with Crippen molar-refractivity contribution in [2.24, 2.45) is 0 Å². The summed E-state index contributed by atoms with van der Waals surface area (Å²) in [5.74, 6) is 0.585. The Hall–Kier alpha value is -3.39. The van der Waals surface area contributed by atoms with Crippen LogP contribution in [0.3, 0.4) is 0 Å². The molecule has 2 heterocycles. The van der Waals surface area contributed by atoms with Crippen molar-refractivity contribution in [3.63, 3.8) is 0 Å². The minimum absolute atomic E-state index is 0.106. The van der Waals surface area contributed by atoms with Gasteiger partial charge < -0.3 is 10.1 Å². The van der Waals surface area contributed by atoms with Gasteiger partial charge in [-0.15, -0.1) is 5.10 Å². The number of fused-ring (bicyclic) bond motifs is 1. The van der Waals surface area contributed by atoms with Gasteiger partial charge in [0.15, 0.2) is 5.82 Å². The zero-order valence-electron chi connectivity index (χ0n) is 15.8. The van der Waals surface area contributed by atoms with Gasteiger partial charge in [0.25, 0.3) is 5.91 Å². The lowest BCUT2D eigenvalue weighted by molar-refractivity contribution is -0.123. The minimum Gasteiger partial charge on any atom is -0.495 e. The zero-order chi connectivity index (χ0) is 20.5. The Morgan fingerprint density at radius 1 is 1.28 bits per heavy atom. The highest BCUT2D eigenvalue weighted by atomic mass is 35.5. The predicted molar refractivity (Wildman–Crippen MR) is 109 cm³/mol. The Morgan fingerprint density at radius 3 is 2.76 bits per heavy atom. The molecule has 0 saturated carbocycles. The molecule has 0 bridgehead atoms. The number of rotatable bonds is 5.